The molecule has 306 valence electrons. The summed E-state index contributed by atoms with van der Waals surface area (Å²) >= 11 is 0. The summed E-state index contributed by atoms with van der Waals surface area (Å²) in [4.78, 5) is 41.0. The van der Waals surface area contributed by atoms with Gasteiger partial charge in [-0.25, -0.2) is 13.1 Å². The molecule has 0 aromatic heterocycles. The van der Waals surface area contributed by atoms with Crippen molar-refractivity contribution in [2.45, 2.75) is 164 Å². The van der Waals surface area contributed by atoms with Crippen LogP contribution in [0.15, 0.2) is 12.2 Å². The third kappa shape index (κ3) is 7.12. The first-order valence-electron chi connectivity index (χ1n) is 21.2. The van der Waals surface area contributed by atoms with Gasteiger partial charge in [0.1, 0.15) is 6.10 Å². The van der Waals surface area contributed by atoms with Crippen LogP contribution in [0.5, 0.6) is 0 Å². The van der Waals surface area contributed by atoms with Crippen molar-refractivity contribution in [2.75, 3.05) is 19.3 Å². The van der Waals surface area contributed by atoms with Gasteiger partial charge in [-0.3, -0.25) is 14.4 Å². The van der Waals surface area contributed by atoms with Crippen LogP contribution in [0.4, 0.5) is 0 Å². The molecule has 54 heavy (non-hydrogen) atoms. The first-order valence-corrected chi connectivity index (χ1v) is 23.1. The van der Waals surface area contributed by atoms with E-state index < -0.39 is 21.4 Å². The van der Waals surface area contributed by atoms with Gasteiger partial charge in [-0.05, 0) is 141 Å². The molecule has 11 atom stereocenters. The highest BCUT2D eigenvalue weighted by Gasteiger charge is 2.71. The molecule has 1 amide bonds. The van der Waals surface area contributed by atoms with Gasteiger partial charge in [0.2, 0.25) is 15.9 Å². The Morgan fingerprint density at radius 1 is 0.889 bits per heavy atom. The Bertz CT molecular complexity index is 1620. The summed E-state index contributed by atoms with van der Waals surface area (Å²) in [5, 5.41) is 9.36. The smallest absolute Gasteiger partial charge is 0.306 e. The molecule has 6 rings (SSSR count). The van der Waals surface area contributed by atoms with Crippen LogP contribution in [0, 0.1) is 62.1 Å². The molecule has 2 N–H and O–H groups in total. The molecular formula is C44H72N2O7S. The molecule has 6 fully saturated rings. The van der Waals surface area contributed by atoms with Gasteiger partial charge in [-0.15, -0.1) is 0 Å². The van der Waals surface area contributed by atoms with E-state index in [0.717, 1.165) is 64.2 Å². The lowest BCUT2D eigenvalue weighted by atomic mass is 9.32. The van der Waals surface area contributed by atoms with Crippen molar-refractivity contribution < 1.29 is 32.6 Å². The van der Waals surface area contributed by atoms with E-state index in [0.29, 0.717) is 49.1 Å². The molecule has 5 saturated carbocycles. The summed E-state index contributed by atoms with van der Waals surface area (Å²) < 4.78 is 32.8. The van der Waals surface area contributed by atoms with E-state index in [4.69, 9.17) is 4.74 Å². The molecule has 9 nitrogen and oxygen atoms in total. The van der Waals surface area contributed by atoms with Gasteiger partial charge in [0, 0.05) is 31.0 Å². The summed E-state index contributed by atoms with van der Waals surface area (Å²) in [7, 11) is -3.33. The normalized spacial score (nSPS) is 41.6. The number of fused-ring (bicyclic) bond motifs is 7. The van der Waals surface area contributed by atoms with Crippen LogP contribution in [0.25, 0.3) is 0 Å². The second kappa shape index (κ2) is 14.2. The minimum absolute atomic E-state index is 0.0461. The number of nitrogens with one attached hydrogen (secondary N) is 1. The van der Waals surface area contributed by atoms with Gasteiger partial charge in [-0.2, -0.15) is 0 Å². The highest BCUT2D eigenvalue weighted by molar-refractivity contribution is 7.88. The molecular weight excluding hydrogens is 701 g/mol. The number of hydrogen-bond donors (Lipinski definition) is 2. The van der Waals surface area contributed by atoms with Crippen LogP contribution in [0.3, 0.4) is 0 Å². The number of amides is 1. The molecule has 1 heterocycles. The number of carbonyl (C=O) groups excluding carboxylic acids is 2. The lowest BCUT2D eigenvalue weighted by Crippen LogP contribution is -2.67. The van der Waals surface area contributed by atoms with Crippen molar-refractivity contribution in [2.24, 2.45) is 62.1 Å². The Hall–Kier alpha value is -1.94. The van der Waals surface area contributed by atoms with E-state index in [2.05, 4.69) is 52.8 Å². The number of hydrogen-bond acceptors (Lipinski definition) is 6. The number of carbonyl (C=O) groups is 3. The van der Waals surface area contributed by atoms with Crippen molar-refractivity contribution in [3.63, 3.8) is 0 Å². The van der Waals surface area contributed by atoms with Crippen LogP contribution in [-0.2, 0) is 29.1 Å². The average molecular weight is 773 g/mol. The Morgan fingerprint density at radius 3 is 2.24 bits per heavy atom. The number of allylic oxidation sites excluding steroid dienone is 1. The highest BCUT2D eigenvalue weighted by atomic mass is 32.2. The predicted molar refractivity (Wildman–Crippen MR) is 212 cm³/mol. The maximum Gasteiger partial charge on any atom is 0.306 e. The minimum atomic E-state index is -3.33. The molecule has 10 heteroatoms. The summed E-state index contributed by atoms with van der Waals surface area (Å²) in [6.45, 7) is 23.9. The van der Waals surface area contributed by atoms with Crippen LogP contribution in [0.1, 0.15) is 152 Å². The van der Waals surface area contributed by atoms with Crippen LogP contribution in [-0.4, -0.2) is 67.8 Å². The van der Waals surface area contributed by atoms with Gasteiger partial charge in [0.25, 0.3) is 0 Å². The van der Waals surface area contributed by atoms with Crippen molar-refractivity contribution >= 4 is 27.9 Å². The van der Waals surface area contributed by atoms with Gasteiger partial charge < -0.3 is 14.7 Å². The molecule has 0 unspecified atom stereocenters. The number of ether oxygens (including phenoxy) is 1. The quantitative estimate of drug-likeness (QED) is 0.159. The van der Waals surface area contributed by atoms with Crippen LogP contribution >= 0.6 is 0 Å². The van der Waals surface area contributed by atoms with Crippen molar-refractivity contribution in [1.82, 2.24) is 9.62 Å². The topological polar surface area (TPSA) is 130 Å². The second-order valence-corrected chi connectivity index (χ2v) is 23.3. The first-order chi connectivity index (χ1) is 24.9. The molecule has 0 bridgehead atoms. The maximum atomic E-state index is 14.3. The summed E-state index contributed by atoms with van der Waals surface area (Å²) in [5.41, 5.74) is 0.776. The lowest BCUT2D eigenvalue weighted by Gasteiger charge is -2.73. The molecule has 1 aliphatic heterocycles. The Morgan fingerprint density at radius 2 is 1.59 bits per heavy atom. The molecule has 5 aliphatic carbocycles. The minimum Gasteiger partial charge on any atom is -0.481 e. The largest absolute Gasteiger partial charge is 0.481 e. The second-order valence-electron chi connectivity index (χ2n) is 21.5. The molecule has 0 radical (unpaired) electrons. The van der Waals surface area contributed by atoms with Crippen molar-refractivity contribution in [3.05, 3.63) is 12.2 Å². The highest BCUT2D eigenvalue weighted by Crippen LogP contribution is 2.78. The standard InChI is InChI=1S/C44H72N2O7S/c1-28(2)30-15-20-44(24-35(47)46-23-11-12-29(46)27-45-54(10,51)52)22-21-42(8)31(38(30)44)13-14-33-41(7)18-17-34(40(5,6)32(41)16-19-43(33,42)9)53-37(50)26-39(3,4)25-36(48)49/h29-34,38,45H,1,11-27H2,2-10H3,(H,48,49)/t29-,30+,31-,32+,33-,34+,38-,41+,42-,43-,44-/m1/s1. The Kier molecular flexibility index (Phi) is 10.9. The molecule has 0 aromatic rings. The predicted octanol–water partition coefficient (Wildman–Crippen LogP) is 8.38. The number of esters is 1. The first kappa shape index (κ1) is 41.7. The number of carboxylic acids is 1. The molecule has 0 aromatic carbocycles. The average Bonchev–Trinajstić information content (AvgIpc) is 3.66. The Labute approximate surface area is 326 Å². The number of likely N-dealkylation sites (tertiary alicyclic amines) is 1. The fourth-order valence-corrected chi connectivity index (χ4v) is 15.4. The fraction of sp³-hybridized carbons (Fsp3) is 0.886. The number of rotatable bonds is 11. The van der Waals surface area contributed by atoms with E-state index in [-0.39, 0.29) is 63.9 Å². The maximum absolute atomic E-state index is 14.3. The van der Waals surface area contributed by atoms with Gasteiger partial charge in [0.05, 0.1) is 19.1 Å². The van der Waals surface area contributed by atoms with E-state index in [1.54, 1.807) is 0 Å². The third-order valence-electron chi connectivity index (χ3n) is 17.5. The van der Waals surface area contributed by atoms with E-state index in [1.165, 1.54) is 24.7 Å². The van der Waals surface area contributed by atoms with E-state index in [9.17, 15) is 27.9 Å². The SMILES string of the molecule is C=C(C)[C@@H]1CC[C@]2(CC(=O)N3CCC[C@@H]3CNS(C)(=O)=O)CC[C@]3(C)[C@H](CC[C@@H]4[C@@]5(C)CC[C@H](OC(=O)CC(C)(C)CC(=O)O)C(C)(C)[C@@H]5CC[C@]43C)[C@@H]12. The third-order valence-corrected chi connectivity index (χ3v) is 18.2. The summed E-state index contributed by atoms with van der Waals surface area (Å²) in [6, 6.07) is -0.0776. The van der Waals surface area contributed by atoms with E-state index >= 15 is 0 Å². The Balaban J connectivity index is 1.22. The number of nitrogens with zero attached hydrogens (tertiary/aromatic N) is 1. The zero-order chi connectivity index (χ0) is 39.9. The molecule has 6 aliphatic rings. The van der Waals surface area contributed by atoms with Crippen LogP contribution in [0.2, 0.25) is 0 Å². The van der Waals surface area contributed by atoms with E-state index in [1.807, 2.05) is 18.7 Å². The molecule has 0 spiro atoms. The van der Waals surface area contributed by atoms with Gasteiger partial charge >= 0.3 is 11.9 Å². The monoisotopic (exact) mass is 773 g/mol. The van der Waals surface area contributed by atoms with Gasteiger partial charge in [-0.1, -0.05) is 60.6 Å². The zero-order valence-corrected chi connectivity index (χ0v) is 35.8. The number of aliphatic carboxylic acids is 1. The van der Waals surface area contributed by atoms with Crippen molar-refractivity contribution in [3.8, 4) is 0 Å². The summed E-state index contributed by atoms with van der Waals surface area (Å²) in [5.74, 6) is 1.37. The number of carboxylic acid groups (broad SMARTS) is 1. The molecule has 1 saturated heterocycles. The van der Waals surface area contributed by atoms with Crippen LogP contribution < -0.4 is 4.72 Å². The van der Waals surface area contributed by atoms with Crippen molar-refractivity contribution in [1.29, 1.82) is 0 Å². The number of sulfonamides is 1. The fourth-order valence-electron chi connectivity index (χ4n) is 14.9. The summed E-state index contributed by atoms with van der Waals surface area (Å²) in [6.07, 6.45) is 14.2. The lowest BCUT2D eigenvalue weighted by molar-refractivity contribution is -0.250. The zero-order valence-electron chi connectivity index (χ0n) is 35.0. The van der Waals surface area contributed by atoms with Gasteiger partial charge in [0.15, 0.2) is 0 Å².